The molecule has 1 fully saturated rings. The summed E-state index contributed by atoms with van der Waals surface area (Å²) in [5, 5.41) is 0. The number of carbonyl (C=O) groups excluding carboxylic acids is 1. The Balaban J connectivity index is 1.62. The number of hydrogen-bond acceptors (Lipinski definition) is 4. The molecule has 0 unspecified atom stereocenters. The van der Waals surface area contributed by atoms with Crippen LogP contribution in [0.25, 0.3) is 0 Å². The van der Waals surface area contributed by atoms with Gasteiger partial charge in [-0.05, 0) is 62.6 Å². The number of allylic oxidation sites excluding steroid dienone is 2. The van der Waals surface area contributed by atoms with Gasteiger partial charge in [0.2, 0.25) is 0 Å². The summed E-state index contributed by atoms with van der Waals surface area (Å²) in [6, 6.07) is 7.98. The van der Waals surface area contributed by atoms with Gasteiger partial charge >= 0.3 is 5.97 Å². The van der Waals surface area contributed by atoms with Gasteiger partial charge in [0.05, 0.1) is 32.8 Å². The third-order valence-corrected chi connectivity index (χ3v) is 5.13. The number of methoxy groups -OCH3 is 2. The molecule has 0 heterocycles. The summed E-state index contributed by atoms with van der Waals surface area (Å²) in [6.45, 7) is 2.75. The molecule has 0 radical (unpaired) electrons. The van der Waals surface area contributed by atoms with E-state index in [0.29, 0.717) is 12.5 Å². The van der Waals surface area contributed by atoms with Crippen LogP contribution >= 0.6 is 0 Å². The molecule has 0 aromatic heterocycles. The lowest BCUT2D eigenvalue weighted by Gasteiger charge is -2.14. The Hall–Kier alpha value is -1.81. The predicted octanol–water partition coefficient (Wildman–Crippen LogP) is 4.92. The van der Waals surface area contributed by atoms with Gasteiger partial charge in [-0.1, -0.05) is 30.7 Å². The minimum atomic E-state index is -0.0577. The Morgan fingerprint density at radius 2 is 2.00 bits per heavy atom. The second-order valence-electron chi connectivity index (χ2n) is 7.05. The Morgan fingerprint density at radius 3 is 2.69 bits per heavy atom. The molecule has 4 nitrogen and oxygen atoms in total. The lowest BCUT2D eigenvalue weighted by Crippen LogP contribution is -2.18. The lowest BCUT2D eigenvalue weighted by molar-refractivity contribution is -0.146. The summed E-state index contributed by atoms with van der Waals surface area (Å²) in [5.74, 6) is 1.22. The fourth-order valence-electron chi connectivity index (χ4n) is 3.50. The number of esters is 1. The molecule has 2 rings (SSSR count). The summed E-state index contributed by atoms with van der Waals surface area (Å²) >= 11 is 0. The molecule has 26 heavy (non-hydrogen) atoms. The summed E-state index contributed by atoms with van der Waals surface area (Å²) < 4.78 is 16.0. The lowest BCUT2D eigenvalue weighted by atomic mass is 9.95. The molecule has 0 N–H and O–H groups in total. The van der Waals surface area contributed by atoms with E-state index < -0.39 is 0 Å². The zero-order chi connectivity index (χ0) is 18.8. The largest absolute Gasteiger partial charge is 0.497 e. The normalized spacial score (nSPS) is 21.0. The summed E-state index contributed by atoms with van der Waals surface area (Å²) in [5.41, 5.74) is 1.16. The SMILES string of the molecule is COC(=O)[C@@H]1CCC[C@H]1/C=C/CCC[C@H](C)OCc1ccc(OC)cc1. The van der Waals surface area contributed by atoms with Crippen LogP contribution < -0.4 is 4.74 Å². The van der Waals surface area contributed by atoms with Crippen LogP contribution in [0.1, 0.15) is 51.0 Å². The quantitative estimate of drug-likeness (QED) is 0.338. The molecular formula is C22H32O4. The zero-order valence-corrected chi connectivity index (χ0v) is 16.3. The molecule has 0 bridgehead atoms. The van der Waals surface area contributed by atoms with Gasteiger partial charge < -0.3 is 14.2 Å². The average molecular weight is 360 g/mol. The minimum absolute atomic E-state index is 0.0577. The van der Waals surface area contributed by atoms with Gasteiger partial charge in [-0.25, -0.2) is 0 Å². The first-order chi connectivity index (χ1) is 12.6. The highest BCUT2D eigenvalue weighted by atomic mass is 16.5. The average Bonchev–Trinajstić information content (AvgIpc) is 3.14. The Morgan fingerprint density at radius 1 is 1.23 bits per heavy atom. The van der Waals surface area contributed by atoms with Gasteiger partial charge in [0, 0.05) is 0 Å². The summed E-state index contributed by atoms with van der Waals surface area (Å²) in [7, 11) is 3.15. The highest BCUT2D eigenvalue weighted by Crippen LogP contribution is 2.33. The molecule has 3 atom stereocenters. The highest BCUT2D eigenvalue weighted by molar-refractivity contribution is 5.73. The fraction of sp³-hybridized carbons (Fsp3) is 0.591. The van der Waals surface area contributed by atoms with Gasteiger partial charge in [0.25, 0.3) is 0 Å². The Labute approximate surface area is 157 Å². The molecule has 1 aliphatic rings. The van der Waals surface area contributed by atoms with Crippen LogP contribution in [0.5, 0.6) is 5.75 Å². The van der Waals surface area contributed by atoms with E-state index in [-0.39, 0.29) is 18.0 Å². The third kappa shape index (κ3) is 6.49. The summed E-state index contributed by atoms with van der Waals surface area (Å²) in [4.78, 5) is 11.7. The number of benzene rings is 1. The van der Waals surface area contributed by atoms with Crippen molar-refractivity contribution in [2.45, 2.75) is 58.2 Å². The van der Waals surface area contributed by atoms with Crippen molar-refractivity contribution in [3.63, 3.8) is 0 Å². The number of unbranched alkanes of at least 4 members (excludes halogenated alkanes) is 1. The maximum Gasteiger partial charge on any atom is 0.309 e. The molecule has 0 aliphatic heterocycles. The van der Waals surface area contributed by atoms with Crippen molar-refractivity contribution in [1.29, 1.82) is 0 Å². The fourth-order valence-corrected chi connectivity index (χ4v) is 3.50. The molecule has 144 valence electrons. The van der Waals surface area contributed by atoms with Crippen molar-refractivity contribution < 1.29 is 19.0 Å². The highest BCUT2D eigenvalue weighted by Gasteiger charge is 2.31. The Bertz CT molecular complexity index is 564. The van der Waals surface area contributed by atoms with E-state index in [0.717, 1.165) is 49.8 Å². The van der Waals surface area contributed by atoms with Crippen molar-refractivity contribution >= 4 is 5.97 Å². The number of carbonyl (C=O) groups is 1. The monoisotopic (exact) mass is 360 g/mol. The molecule has 0 saturated heterocycles. The van der Waals surface area contributed by atoms with Crippen molar-refractivity contribution in [2.24, 2.45) is 11.8 Å². The van der Waals surface area contributed by atoms with Crippen LogP contribution in [-0.4, -0.2) is 26.3 Å². The molecule has 1 saturated carbocycles. The minimum Gasteiger partial charge on any atom is -0.497 e. The van der Waals surface area contributed by atoms with Crippen molar-refractivity contribution in [2.75, 3.05) is 14.2 Å². The maximum atomic E-state index is 11.7. The number of hydrogen-bond donors (Lipinski definition) is 0. The van der Waals surface area contributed by atoms with Crippen LogP contribution in [-0.2, 0) is 20.9 Å². The van der Waals surface area contributed by atoms with E-state index in [1.54, 1.807) is 7.11 Å². The summed E-state index contributed by atoms with van der Waals surface area (Å²) in [6.07, 6.45) is 11.0. The first-order valence-electron chi connectivity index (χ1n) is 9.63. The van der Waals surface area contributed by atoms with E-state index in [4.69, 9.17) is 14.2 Å². The molecule has 0 spiro atoms. The number of rotatable bonds is 10. The van der Waals surface area contributed by atoms with Crippen LogP contribution in [0.2, 0.25) is 0 Å². The van der Waals surface area contributed by atoms with Crippen molar-refractivity contribution in [3.8, 4) is 5.75 Å². The second kappa shape index (κ2) is 11.0. The van der Waals surface area contributed by atoms with E-state index in [9.17, 15) is 4.79 Å². The number of ether oxygens (including phenoxy) is 3. The maximum absolute atomic E-state index is 11.7. The van der Waals surface area contributed by atoms with Gasteiger partial charge in [-0.3, -0.25) is 4.79 Å². The second-order valence-corrected chi connectivity index (χ2v) is 7.05. The van der Waals surface area contributed by atoms with E-state index in [1.165, 1.54) is 7.11 Å². The van der Waals surface area contributed by atoms with Crippen LogP contribution in [0, 0.1) is 11.8 Å². The van der Waals surface area contributed by atoms with Gasteiger partial charge in [-0.2, -0.15) is 0 Å². The Kier molecular flexibility index (Phi) is 8.69. The van der Waals surface area contributed by atoms with E-state index >= 15 is 0 Å². The van der Waals surface area contributed by atoms with E-state index in [1.807, 2.05) is 24.3 Å². The molecule has 1 aromatic rings. The third-order valence-electron chi connectivity index (χ3n) is 5.13. The van der Waals surface area contributed by atoms with Crippen LogP contribution in [0.4, 0.5) is 0 Å². The zero-order valence-electron chi connectivity index (χ0n) is 16.3. The van der Waals surface area contributed by atoms with E-state index in [2.05, 4.69) is 19.1 Å². The van der Waals surface area contributed by atoms with Crippen molar-refractivity contribution in [3.05, 3.63) is 42.0 Å². The van der Waals surface area contributed by atoms with Crippen LogP contribution in [0.15, 0.2) is 36.4 Å². The van der Waals surface area contributed by atoms with Gasteiger partial charge in [-0.15, -0.1) is 0 Å². The smallest absolute Gasteiger partial charge is 0.309 e. The molecular weight excluding hydrogens is 328 g/mol. The first kappa shape index (κ1) is 20.5. The molecule has 4 heteroatoms. The topological polar surface area (TPSA) is 44.8 Å². The molecule has 0 amide bonds. The van der Waals surface area contributed by atoms with Crippen LogP contribution in [0.3, 0.4) is 0 Å². The molecule has 1 aliphatic carbocycles. The molecule has 1 aromatic carbocycles. The van der Waals surface area contributed by atoms with Gasteiger partial charge in [0.15, 0.2) is 0 Å². The standard InChI is InChI=1S/C22H32O4/c1-17(26-16-18-12-14-20(24-2)15-13-18)8-5-4-6-9-19-10-7-11-21(19)22(23)25-3/h6,9,12-15,17,19,21H,4-5,7-8,10-11,16H2,1-3H3/b9-6+/t17-,19+,21+/m0/s1. The van der Waals surface area contributed by atoms with Crippen molar-refractivity contribution in [1.82, 2.24) is 0 Å². The first-order valence-corrected chi connectivity index (χ1v) is 9.63. The van der Waals surface area contributed by atoms with Gasteiger partial charge in [0.1, 0.15) is 5.75 Å². The predicted molar refractivity (Wildman–Crippen MR) is 103 cm³/mol.